The normalized spacial score (nSPS) is 10.1. The number of nitrogens with one attached hydrogen (secondary N) is 2. The van der Waals surface area contributed by atoms with Crippen LogP contribution in [0, 0.1) is 0 Å². The lowest BCUT2D eigenvalue weighted by Crippen LogP contribution is -2.30. The molecule has 0 aliphatic rings. The minimum Gasteiger partial charge on any atom is -0.356 e. The third-order valence-electron chi connectivity index (χ3n) is 2.88. The summed E-state index contributed by atoms with van der Waals surface area (Å²) in [7, 11) is 0. The molecule has 5 heteroatoms. The number of hydrogen-bond donors (Lipinski definition) is 2. The molecule has 20 heavy (non-hydrogen) atoms. The summed E-state index contributed by atoms with van der Waals surface area (Å²) in [5.74, 6) is -0.144. The third kappa shape index (κ3) is 7.14. The van der Waals surface area contributed by atoms with E-state index < -0.39 is 0 Å². The van der Waals surface area contributed by atoms with Gasteiger partial charge in [0.05, 0.1) is 0 Å². The molecule has 4 nitrogen and oxygen atoms in total. The predicted octanol–water partition coefficient (Wildman–Crippen LogP) is 2.31. The van der Waals surface area contributed by atoms with Gasteiger partial charge in [-0.05, 0) is 30.9 Å². The molecule has 0 fully saturated rings. The summed E-state index contributed by atoms with van der Waals surface area (Å²) in [5.41, 5.74) is 1.14. The molecule has 0 unspecified atom stereocenters. The number of aryl methyl sites for hydroxylation is 1. The van der Waals surface area contributed by atoms with Crippen LogP contribution in [-0.2, 0) is 16.0 Å². The molecule has 1 aromatic rings. The van der Waals surface area contributed by atoms with Gasteiger partial charge in [0.15, 0.2) is 0 Å². The number of carbonyl (C=O) groups is 2. The second-order valence-electron chi connectivity index (χ2n) is 4.63. The van der Waals surface area contributed by atoms with Crippen LogP contribution < -0.4 is 10.6 Å². The maximum Gasteiger partial charge on any atom is 0.221 e. The van der Waals surface area contributed by atoms with Crippen LogP contribution in [0.5, 0.6) is 0 Å². The molecule has 0 heterocycles. The van der Waals surface area contributed by atoms with Gasteiger partial charge in [-0.2, -0.15) is 0 Å². The van der Waals surface area contributed by atoms with Gasteiger partial charge in [-0.25, -0.2) is 0 Å². The molecule has 1 aromatic carbocycles. The Morgan fingerprint density at radius 3 is 2.55 bits per heavy atom. The van der Waals surface area contributed by atoms with E-state index in [1.807, 2.05) is 24.3 Å². The molecule has 0 spiro atoms. The zero-order valence-corrected chi connectivity index (χ0v) is 12.5. The smallest absolute Gasteiger partial charge is 0.221 e. The minimum atomic E-state index is -0.113. The van der Waals surface area contributed by atoms with Gasteiger partial charge in [0, 0.05) is 31.5 Å². The van der Waals surface area contributed by atoms with E-state index in [0.717, 1.165) is 29.8 Å². The summed E-state index contributed by atoms with van der Waals surface area (Å²) < 4.78 is 0. The SMILES string of the molecule is CC(=O)NCCC(=O)NCCCCc1ccccc1Cl. The molecule has 0 bridgehead atoms. The summed E-state index contributed by atoms with van der Waals surface area (Å²) in [4.78, 5) is 22.1. The van der Waals surface area contributed by atoms with Crippen molar-refractivity contribution in [1.82, 2.24) is 10.6 Å². The number of carbonyl (C=O) groups excluding carboxylic acids is 2. The van der Waals surface area contributed by atoms with E-state index in [-0.39, 0.29) is 11.8 Å². The number of unbranched alkanes of at least 4 members (excludes halogenated alkanes) is 1. The predicted molar refractivity (Wildman–Crippen MR) is 80.7 cm³/mol. The van der Waals surface area contributed by atoms with Crippen molar-refractivity contribution in [2.75, 3.05) is 13.1 Å². The highest BCUT2D eigenvalue weighted by Gasteiger charge is 2.02. The van der Waals surface area contributed by atoms with Crippen LogP contribution >= 0.6 is 11.6 Å². The maximum atomic E-state index is 11.4. The summed E-state index contributed by atoms with van der Waals surface area (Å²) >= 11 is 6.07. The van der Waals surface area contributed by atoms with E-state index >= 15 is 0 Å². The molecule has 0 radical (unpaired) electrons. The molecule has 110 valence electrons. The highest BCUT2D eigenvalue weighted by molar-refractivity contribution is 6.31. The first-order chi connectivity index (χ1) is 9.59. The van der Waals surface area contributed by atoms with Gasteiger partial charge in [0.25, 0.3) is 0 Å². The van der Waals surface area contributed by atoms with Gasteiger partial charge >= 0.3 is 0 Å². The lowest BCUT2D eigenvalue weighted by atomic mass is 10.1. The molecule has 0 aliphatic carbocycles. The summed E-state index contributed by atoms with van der Waals surface area (Å²) in [6, 6.07) is 7.81. The van der Waals surface area contributed by atoms with E-state index in [0.29, 0.717) is 19.5 Å². The summed E-state index contributed by atoms with van der Waals surface area (Å²) in [5, 5.41) is 6.22. The fourth-order valence-electron chi connectivity index (χ4n) is 1.81. The van der Waals surface area contributed by atoms with Crippen LogP contribution in [0.15, 0.2) is 24.3 Å². The first-order valence-electron chi connectivity index (χ1n) is 6.84. The maximum absolute atomic E-state index is 11.4. The van der Waals surface area contributed by atoms with E-state index in [9.17, 15) is 9.59 Å². The van der Waals surface area contributed by atoms with Crippen LogP contribution in [0.25, 0.3) is 0 Å². The average molecular weight is 297 g/mol. The fourth-order valence-corrected chi connectivity index (χ4v) is 2.04. The van der Waals surface area contributed by atoms with Crippen LogP contribution in [0.2, 0.25) is 5.02 Å². The Hall–Kier alpha value is -1.55. The quantitative estimate of drug-likeness (QED) is 0.723. The van der Waals surface area contributed by atoms with Crippen molar-refractivity contribution in [3.63, 3.8) is 0 Å². The number of amides is 2. The molecule has 0 aromatic heterocycles. The topological polar surface area (TPSA) is 58.2 Å². The van der Waals surface area contributed by atoms with Gasteiger partial charge in [0.1, 0.15) is 0 Å². The molecule has 0 aliphatic heterocycles. The molecule has 0 saturated heterocycles. The Morgan fingerprint density at radius 1 is 1.10 bits per heavy atom. The van der Waals surface area contributed by atoms with E-state index in [4.69, 9.17) is 11.6 Å². The Morgan fingerprint density at radius 2 is 1.85 bits per heavy atom. The van der Waals surface area contributed by atoms with Crippen molar-refractivity contribution in [3.05, 3.63) is 34.9 Å². The lowest BCUT2D eigenvalue weighted by molar-refractivity contribution is -0.121. The van der Waals surface area contributed by atoms with Gasteiger partial charge < -0.3 is 10.6 Å². The second kappa shape index (κ2) is 9.37. The Labute approximate surface area is 124 Å². The zero-order valence-electron chi connectivity index (χ0n) is 11.7. The number of hydrogen-bond acceptors (Lipinski definition) is 2. The lowest BCUT2D eigenvalue weighted by Gasteiger charge is -2.06. The van der Waals surface area contributed by atoms with Crippen molar-refractivity contribution in [2.45, 2.75) is 32.6 Å². The third-order valence-corrected chi connectivity index (χ3v) is 3.25. The zero-order chi connectivity index (χ0) is 14.8. The highest BCUT2D eigenvalue weighted by Crippen LogP contribution is 2.16. The van der Waals surface area contributed by atoms with Crippen molar-refractivity contribution >= 4 is 23.4 Å². The Balaban J connectivity index is 2.06. The first-order valence-corrected chi connectivity index (χ1v) is 7.22. The Bertz CT molecular complexity index is 449. The number of halogens is 1. The van der Waals surface area contributed by atoms with Gasteiger partial charge in [-0.15, -0.1) is 0 Å². The van der Waals surface area contributed by atoms with Crippen LogP contribution in [-0.4, -0.2) is 24.9 Å². The minimum absolute atomic E-state index is 0.0310. The largest absolute Gasteiger partial charge is 0.356 e. The molecule has 2 N–H and O–H groups in total. The molecule has 2 amide bonds. The van der Waals surface area contributed by atoms with Gasteiger partial charge in [-0.3, -0.25) is 9.59 Å². The molecular weight excluding hydrogens is 276 g/mol. The molecule has 0 saturated carbocycles. The van der Waals surface area contributed by atoms with Crippen molar-refractivity contribution < 1.29 is 9.59 Å². The summed E-state index contributed by atoms with van der Waals surface area (Å²) in [6.45, 7) is 2.48. The standard InChI is InChI=1S/C15H21ClN2O2/c1-12(19)17-11-9-15(20)18-10-5-4-7-13-6-2-3-8-14(13)16/h2-3,6,8H,4-5,7,9-11H2,1H3,(H,17,19)(H,18,20). The number of benzene rings is 1. The van der Waals surface area contributed by atoms with Crippen LogP contribution in [0.1, 0.15) is 31.7 Å². The monoisotopic (exact) mass is 296 g/mol. The summed E-state index contributed by atoms with van der Waals surface area (Å²) in [6.07, 6.45) is 3.14. The fraction of sp³-hybridized carbons (Fsp3) is 0.467. The number of rotatable bonds is 8. The average Bonchev–Trinajstić information content (AvgIpc) is 2.40. The van der Waals surface area contributed by atoms with E-state index in [1.54, 1.807) is 0 Å². The van der Waals surface area contributed by atoms with Crippen molar-refractivity contribution in [2.24, 2.45) is 0 Å². The van der Waals surface area contributed by atoms with E-state index in [2.05, 4.69) is 10.6 Å². The second-order valence-corrected chi connectivity index (χ2v) is 5.04. The van der Waals surface area contributed by atoms with Gasteiger partial charge in [0.2, 0.25) is 11.8 Å². The highest BCUT2D eigenvalue weighted by atomic mass is 35.5. The van der Waals surface area contributed by atoms with Crippen molar-refractivity contribution in [3.8, 4) is 0 Å². The van der Waals surface area contributed by atoms with E-state index in [1.165, 1.54) is 6.92 Å². The first kappa shape index (κ1) is 16.5. The molecule has 1 rings (SSSR count). The molecular formula is C15H21ClN2O2. The van der Waals surface area contributed by atoms with Crippen LogP contribution in [0.4, 0.5) is 0 Å². The van der Waals surface area contributed by atoms with Crippen molar-refractivity contribution in [1.29, 1.82) is 0 Å². The Kier molecular flexibility index (Phi) is 7.73. The van der Waals surface area contributed by atoms with Crippen LogP contribution in [0.3, 0.4) is 0 Å². The van der Waals surface area contributed by atoms with Gasteiger partial charge in [-0.1, -0.05) is 29.8 Å². The molecule has 0 atom stereocenters.